The van der Waals surface area contributed by atoms with Crippen LogP contribution in [0.15, 0.2) is 12.3 Å². The van der Waals surface area contributed by atoms with Crippen LogP contribution in [0.5, 0.6) is 0 Å². The van der Waals surface area contributed by atoms with Crippen LogP contribution in [0.4, 0.5) is 0 Å². The Hall–Kier alpha value is -1.65. The Balaban J connectivity index is 2.23. The van der Waals surface area contributed by atoms with Crippen molar-refractivity contribution in [1.82, 2.24) is 5.06 Å². The summed E-state index contributed by atoms with van der Waals surface area (Å²) >= 11 is 0. The van der Waals surface area contributed by atoms with Crippen molar-refractivity contribution in [3.8, 4) is 0 Å². The molecule has 5 nitrogen and oxygen atoms in total. The molecule has 0 aromatic heterocycles. The van der Waals surface area contributed by atoms with Crippen molar-refractivity contribution in [2.75, 3.05) is 0 Å². The van der Waals surface area contributed by atoms with E-state index in [2.05, 4.69) is 6.58 Å². The van der Waals surface area contributed by atoms with Crippen LogP contribution in [0.25, 0.3) is 0 Å². The summed E-state index contributed by atoms with van der Waals surface area (Å²) in [5.41, 5.74) is 0.520. The predicted octanol–water partition coefficient (Wildman–Crippen LogP) is 1.73. The molecule has 1 aliphatic heterocycles. The van der Waals surface area contributed by atoms with Gasteiger partial charge in [0.15, 0.2) is 0 Å². The number of amides is 1. The molecule has 1 heterocycles. The second kappa shape index (κ2) is 6.18. The van der Waals surface area contributed by atoms with Crippen molar-refractivity contribution in [1.29, 1.82) is 0 Å². The largest absolute Gasteiger partial charge is 0.334 e. The second-order valence-corrected chi connectivity index (χ2v) is 4.13. The molecule has 0 N–H and O–H groups in total. The molecule has 0 unspecified atom stereocenters. The van der Waals surface area contributed by atoms with E-state index in [0.29, 0.717) is 37.8 Å². The molecular formula is C12H17NO4. The monoisotopic (exact) mass is 239 g/mol. The number of ketones is 1. The smallest absolute Gasteiger partial charge is 0.333 e. The Bertz CT molecular complexity index is 332. The lowest BCUT2D eigenvalue weighted by atomic mass is 10.1. The van der Waals surface area contributed by atoms with Crippen LogP contribution in [0, 0.1) is 0 Å². The molecule has 17 heavy (non-hydrogen) atoms. The molecule has 0 saturated carbocycles. The maximum absolute atomic E-state index is 11.4. The van der Waals surface area contributed by atoms with Gasteiger partial charge in [0.05, 0.1) is 5.70 Å². The van der Waals surface area contributed by atoms with Crippen LogP contribution in [0.3, 0.4) is 0 Å². The van der Waals surface area contributed by atoms with Crippen LogP contribution in [0.2, 0.25) is 0 Å². The van der Waals surface area contributed by atoms with Gasteiger partial charge >= 0.3 is 5.97 Å². The van der Waals surface area contributed by atoms with Crippen molar-refractivity contribution in [3.05, 3.63) is 12.3 Å². The van der Waals surface area contributed by atoms with Gasteiger partial charge in [0.1, 0.15) is 5.78 Å². The van der Waals surface area contributed by atoms with Crippen LogP contribution >= 0.6 is 0 Å². The van der Waals surface area contributed by atoms with Gasteiger partial charge in [-0.15, -0.1) is 5.06 Å². The van der Waals surface area contributed by atoms with E-state index < -0.39 is 5.97 Å². The molecule has 0 spiro atoms. The molecule has 1 saturated heterocycles. The van der Waals surface area contributed by atoms with Gasteiger partial charge in [-0.25, -0.2) is 4.79 Å². The molecule has 1 aliphatic rings. The van der Waals surface area contributed by atoms with E-state index in [-0.39, 0.29) is 18.1 Å². The summed E-state index contributed by atoms with van der Waals surface area (Å²) in [6.07, 6.45) is 2.83. The average Bonchev–Trinajstić information content (AvgIpc) is 2.56. The summed E-state index contributed by atoms with van der Waals surface area (Å²) < 4.78 is 0. The zero-order chi connectivity index (χ0) is 12.8. The number of carbonyl (C=O) groups is 3. The van der Waals surface area contributed by atoms with Crippen LogP contribution in [-0.4, -0.2) is 22.7 Å². The number of nitrogens with zero attached hydrogens (tertiary/aromatic N) is 1. The van der Waals surface area contributed by atoms with Gasteiger partial charge in [-0.1, -0.05) is 6.58 Å². The van der Waals surface area contributed by atoms with E-state index >= 15 is 0 Å². The highest BCUT2D eigenvalue weighted by atomic mass is 16.7. The first-order valence-corrected chi connectivity index (χ1v) is 5.71. The van der Waals surface area contributed by atoms with E-state index in [9.17, 15) is 14.4 Å². The standard InChI is InChI=1S/C12H17NO4/c1-9-7-8-11(15)13(9)17-12(16)6-4-3-5-10(2)14/h1,3-8H2,2H3. The summed E-state index contributed by atoms with van der Waals surface area (Å²) in [6, 6.07) is 0. The van der Waals surface area contributed by atoms with Crippen molar-refractivity contribution >= 4 is 17.7 Å². The Kier molecular flexibility index (Phi) is 4.87. The molecule has 0 aromatic carbocycles. The van der Waals surface area contributed by atoms with Crippen molar-refractivity contribution in [2.45, 2.75) is 45.4 Å². The number of rotatable bonds is 6. The summed E-state index contributed by atoms with van der Waals surface area (Å²) in [4.78, 5) is 38.3. The third kappa shape index (κ3) is 4.38. The minimum absolute atomic E-state index is 0.112. The predicted molar refractivity (Wildman–Crippen MR) is 60.5 cm³/mol. The first kappa shape index (κ1) is 13.4. The number of unbranched alkanes of at least 4 members (excludes halogenated alkanes) is 1. The molecular weight excluding hydrogens is 222 g/mol. The lowest BCUT2D eigenvalue weighted by Gasteiger charge is -2.15. The normalized spacial score (nSPS) is 15.2. The van der Waals surface area contributed by atoms with Gasteiger partial charge in [-0.3, -0.25) is 4.79 Å². The van der Waals surface area contributed by atoms with E-state index in [1.807, 2.05) is 0 Å². The Morgan fingerprint density at radius 1 is 1.29 bits per heavy atom. The van der Waals surface area contributed by atoms with Gasteiger partial charge in [0, 0.05) is 19.3 Å². The minimum Gasteiger partial charge on any atom is -0.334 e. The molecule has 1 amide bonds. The molecule has 5 heteroatoms. The summed E-state index contributed by atoms with van der Waals surface area (Å²) in [6.45, 7) is 5.16. The van der Waals surface area contributed by atoms with Gasteiger partial charge in [0.25, 0.3) is 5.91 Å². The maximum atomic E-state index is 11.4. The maximum Gasteiger partial charge on any atom is 0.333 e. The van der Waals surface area contributed by atoms with Gasteiger partial charge in [-0.05, 0) is 26.2 Å². The highest BCUT2D eigenvalue weighted by Crippen LogP contribution is 2.21. The fourth-order valence-electron chi connectivity index (χ4n) is 1.54. The third-order valence-corrected chi connectivity index (χ3v) is 2.49. The highest BCUT2D eigenvalue weighted by molar-refractivity contribution is 5.82. The zero-order valence-electron chi connectivity index (χ0n) is 10.0. The SMILES string of the molecule is C=C1CCC(=O)N1OC(=O)CCCCC(C)=O. The number of Topliss-reactive ketones (excluding diaryl/α,β-unsaturated/α-hetero) is 1. The van der Waals surface area contributed by atoms with E-state index in [1.165, 1.54) is 6.92 Å². The molecule has 94 valence electrons. The lowest BCUT2D eigenvalue weighted by Crippen LogP contribution is -2.26. The van der Waals surface area contributed by atoms with Crippen molar-refractivity contribution in [3.63, 3.8) is 0 Å². The lowest BCUT2D eigenvalue weighted by molar-refractivity contribution is -0.186. The zero-order valence-corrected chi connectivity index (χ0v) is 10.0. The first-order chi connectivity index (χ1) is 8.00. The Labute approximate surface area is 100 Å². The van der Waals surface area contributed by atoms with Gasteiger partial charge in [-0.2, -0.15) is 0 Å². The third-order valence-electron chi connectivity index (χ3n) is 2.49. The fourth-order valence-corrected chi connectivity index (χ4v) is 1.54. The van der Waals surface area contributed by atoms with E-state index in [1.54, 1.807) is 0 Å². The summed E-state index contributed by atoms with van der Waals surface area (Å²) in [5, 5.41) is 0.979. The molecule has 0 atom stereocenters. The highest BCUT2D eigenvalue weighted by Gasteiger charge is 2.27. The molecule has 0 aromatic rings. The van der Waals surface area contributed by atoms with Crippen LogP contribution < -0.4 is 0 Å². The summed E-state index contributed by atoms with van der Waals surface area (Å²) in [7, 11) is 0. The quantitative estimate of drug-likeness (QED) is 0.662. The topological polar surface area (TPSA) is 63.7 Å². The molecule has 0 aliphatic carbocycles. The summed E-state index contributed by atoms with van der Waals surface area (Å²) in [5.74, 6) is -0.571. The van der Waals surface area contributed by atoms with E-state index in [4.69, 9.17) is 4.84 Å². The van der Waals surface area contributed by atoms with Crippen LogP contribution in [-0.2, 0) is 19.2 Å². The number of hydroxylamine groups is 2. The first-order valence-electron chi connectivity index (χ1n) is 5.71. The molecule has 0 radical (unpaired) electrons. The molecule has 1 rings (SSSR count). The van der Waals surface area contributed by atoms with Gasteiger partial charge in [0.2, 0.25) is 0 Å². The second-order valence-electron chi connectivity index (χ2n) is 4.13. The van der Waals surface area contributed by atoms with Crippen molar-refractivity contribution < 1.29 is 19.2 Å². The average molecular weight is 239 g/mol. The Morgan fingerprint density at radius 2 is 1.94 bits per heavy atom. The van der Waals surface area contributed by atoms with Crippen molar-refractivity contribution in [2.24, 2.45) is 0 Å². The number of carbonyl (C=O) groups excluding carboxylic acids is 3. The minimum atomic E-state index is -0.454. The number of hydrogen-bond donors (Lipinski definition) is 0. The molecule has 0 bridgehead atoms. The van der Waals surface area contributed by atoms with Crippen LogP contribution in [0.1, 0.15) is 45.4 Å². The number of allylic oxidation sites excluding steroid dienone is 1. The fraction of sp³-hybridized carbons (Fsp3) is 0.583. The molecule has 1 fully saturated rings. The Morgan fingerprint density at radius 3 is 2.47 bits per heavy atom. The van der Waals surface area contributed by atoms with E-state index in [0.717, 1.165) is 5.06 Å². The van der Waals surface area contributed by atoms with Gasteiger partial charge < -0.3 is 9.63 Å². The number of hydrogen-bond acceptors (Lipinski definition) is 4.